The van der Waals surface area contributed by atoms with E-state index < -0.39 is 5.82 Å². The Morgan fingerprint density at radius 2 is 2.28 bits per heavy atom. The van der Waals surface area contributed by atoms with Gasteiger partial charge in [-0.3, -0.25) is 9.48 Å². The van der Waals surface area contributed by atoms with Gasteiger partial charge in [-0.1, -0.05) is 11.6 Å². The number of rotatable bonds is 3. The lowest BCUT2D eigenvalue weighted by atomic mass is 10.1. The predicted molar refractivity (Wildman–Crippen MR) is 70.4 cm³/mol. The van der Waals surface area contributed by atoms with E-state index in [1.165, 1.54) is 12.1 Å². The monoisotopic (exact) mass is 330 g/mol. The molecule has 0 aliphatic rings. The summed E-state index contributed by atoms with van der Waals surface area (Å²) in [4.78, 5) is 12.3. The molecule has 3 nitrogen and oxygen atoms in total. The molecule has 0 N–H and O–H groups in total. The molecule has 1 heterocycles. The zero-order chi connectivity index (χ0) is 13.3. The van der Waals surface area contributed by atoms with Gasteiger partial charge in [0.25, 0.3) is 0 Å². The molecule has 0 saturated heterocycles. The molecular weight excluding hydrogens is 322 g/mol. The number of hydrogen-bond donors (Lipinski definition) is 0. The molecule has 2 rings (SSSR count). The molecule has 1 aromatic heterocycles. The van der Waals surface area contributed by atoms with E-state index in [1.807, 2.05) is 6.92 Å². The number of aryl methyl sites for hydroxylation is 1. The molecule has 0 fully saturated rings. The third kappa shape index (κ3) is 2.33. The Morgan fingerprint density at radius 1 is 1.56 bits per heavy atom. The lowest BCUT2D eigenvalue weighted by molar-refractivity contribution is 0.102. The fraction of sp³-hybridized carbons (Fsp3) is 0.167. The fourth-order valence-electron chi connectivity index (χ4n) is 1.60. The van der Waals surface area contributed by atoms with Crippen molar-refractivity contribution in [2.24, 2.45) is 0 Å². The van der Waals surface area contributed by atoms with Crippen LogP contribution in [0.1, 0.15) is 23.0 Å². The van der Waals surface area contributed by atoms with E-state index in [1.54, 1.807) is 10.9 Å². The van der Waals surface area contributed by atoms with Crippen molar-refractivity contribution in [1.82, 2.24) is 9.78 Å². The number of aromatic nitrogens is 2. The van der Waals surface area contributed by atoms with Crippen LogP contribution in [0.2, 0.25) is 5.02 Å². The Bertz CT molecular complexity index is 612. The summed E-state index contributed by atoms with van der Waals surface area (Å²) in [6, 6.07) is 3.99. The smallest absolute Gasteiger partial charge is 0.212 e. The first-order valence-electron chi connectivity index (χ1n) is 5.25. The molecule has 0 bridgehead atoms. The minimum absolute atomic E-state index is 0.00499. The van der Waals surface area contributed by atoms with E-state index in [4.69, 9.17) is 11.6 Å². The molecule has 0 unspecified atom stereocenters. The Labute approximate surface area is 117 Å². The van der Waals surface area contributed by atoms with Crippen LogP contribution in [0.5, 0.6) is 0 Å². The second-order valence-corrected chi connectivity index (χ2v) is 4.88. The summed E-state index contributed by atoms with van der Waals surface area (Å²) < 4.78 is 15.5. The highest BCUT2D eigenvalue weighted by molar-refractivity contribution is 9.10. The maximum atomic E-state index is 13.3. The highest BCUT2D eigenvalue weighted by Gasteiger charge is 2.19. The van der Waals surface area contributed by atoms with Gasteiger partial charge in [-0.15, -0.1) is 0 Å². The molecule has 2 aromatic rings. The molecule has 0 atom stereocenters. The molecule has 18 heavy (non-hydrogen) atoms. The summed E-state index contributed by atoms with van der Waals surface area (Å²) in [6.45, 7) is 2.43. The minimum atomic E-state index is -0.610. The van der Waals surface area contributed by atoms with Gasteiger partial charge in [0.05, 0.1) is 15.7 Å². The summed E-state index contributed by atoms with van der Waals surface area (Å²) in [6.07, 6.45) is 1.54. The van der Waals surface area contributed by atoms with Crippen LogP contribution in [0.25, 0.3) is 0 Å². The SMILES string of the molecule is CCn1ncc(Br)c1C(=O)c1ccc(Cl)c(F)c1. The molecule has 0 saturated carbocycles. The first-order chi connectivity index (χ1) is 8.54. The van der Waals surface area contributed by atoms with Gasteiger partial charge in [-0.25, -0.2) is 4.39 Å². The molecule has 0 radical (unpaired) electrons. The predicted octanol–water partition coefficient (Wildman–Crippen LogP) is 3.69. The van der Waals surface area contributed by atoms with Crippen molar-refractivity contribution in [3.63, 3.8) is 0 Å². The van der Waals surface area contributed by atoms with Crippen molar-refractivity contribution in [2.75, 3.05) is 0 Å². The Kier molecular flexibility index (Phi) is 3.82. The van der Waals surface area contributed by atoms with Gasteiger partial charge in [-0.2, -0.15) is 5.10 Å². The van der Waals surface area contributed by atoms with Crippen LogP contribution in [0, 0.1) is 5.82 Å². The van der Waals surface area contributed by atoms with Crippen LogP contribution in [0.4, 0.5) is 4.39 Å². The van der Waals surface area contributed by atoms with Gasteiger partial charge in [0.2, 0.25) is 5.78 Å². The Balaban J connectivity index is 2.47. The normalized spacial score (nSPS) is 10.7. The number of ketones is 1. The summed E-state index contributed by atoms with van der Waals surface area (Å²) in [5.74, 6) is -0.905. The number of benzene rings is 1. The number of nitrogens with zero attached hydrogens (tertiary/aromatic N) is 2. The first kappa shape index (κ1) is 13.2. The summed E-state index contributed by atoms with van der Waals surface area (Å²) in [5.41, 5.74) is 0.645. The third-order valence-corrected chi connectivity index (χ3v) is 3.38. The van der Waals surface area contributed by atoms with Crippen LogP contribution >= 0.6 is 27.5 Å². The lowest BCUT2D eigenvalue weighted by Gasteiger charge is -2.05. The van der Waals surface area contributed by atoms with Gasteiger partial charge >= 0.3 is 0 Å². The minimum Gasteiger partial charge on any atom is -0.287 e. The van der Waals surface area contributed by atoms with Gasteiger partial charge in [-0.05, 0) is 41.1 Å². The van der Waals surface area contributed by atoms with Crippen molar-refractivity contribution >= 4 is 33.3 Å². The van der Waals surface area contributed by atoms with E-state index in [-0.39, 0.29) is 16.4 Å². The van der Waals surface area contributed by atoms with Crippen molar-refractivity contribution in [1.29, 1.82) is 0 Å². The number of halogens is 3. The number of carbonyl (C=O) groups is 1. The topological polar surface area (TPSA) is 34.9 Å². The van der Waals surface area contributed by atoms with Crippen molar-refractivity contribution in [3.8, 4) is 0 Å². The van der Waals surface area contributed by atoms with Crippen LogP contribution < -0.4 is 0 Å². The van der Waals surface area contributed by atoms with Crippen molar-refractivity contribution < 1.29 is 9.18 Å². The lowest BCUT2D eigenvalue weighted by Crippen LogP contribution is -2.11. The molecule has 94 valence electrons. The first-order valence-corrected chi connectivity index (χ1v) is 6.42. The number of carbonyl (C=O) groups excluding carboxylic acids is 1. The Morgan fingerprint density at radius 3 is 2.89 bits per heavy atom. The van der Waals surface area contributed by atoms with E-state index in [9.17, 15) is 9.18 Å². The van der Waals surface area contributed by atoms with Gasteiger partial charge < -0.3 is 0 Å². The van der Waals surface area contributed by atoms with Crippen LogP contribution in [-0.4, -0.2) is 15.6 Å². The standard InChI is InChI=1S/C12H9BrClFN2O/c1-2-17-11(8(13)6-16-17)12(18)7-3-4-9(14)10(15)5-7/h3-6H,2H2,1H3. The third-order valence-electron chi connectivity index (χ3n) is 2.49. The largest absolute Gasteiger partial charge is 0.287 e. The summed E-state index contributed by atoms with van der Waals surface area (Å²) >= 11 is 8.85. The van der Waals surface area contributed by atoms with Gasteiger partial charge in [0, 0.05) is 12.1 Å². The zero-order valence-electron chi connectivity index (χ0n) is 9.45. The van der Waals surface area contributed by atoms with E-state index in [2.05, 4.69) is 21.0 Å². The molecule has 1 aromatic carbocycles. The van der Waals surface area contributed by atoms with Crippen LogP contribution in [0.15, 0.2) is 28.9 Å². The van der Waals surface area contributed by atoms with E-state index >= 15 is 0 Å². The zero-order valence-corrected chi connectivity index (χ0v) is 11.8. The van der Waals surface area contributed by atoms with Gasteiger partial charge in [0.1, 0.15) is 11.5 Å². The van der Waals surface area contributed by atoms with Crippen molar-refractivity contribution in [2.45, 2.75) is 13.5 Å². The average Bonchev–Trinajstić information content (AvgIpc) is 2.73. The van der Waals surface area contributed by atoms with E-state index in [0.29, 0.717) is 16.7 Å². The highest BCUT2D eigenvalue weighted by atomic mass is 79.9. The highest BCUT2D eigenvalue weighted by Crippen LogP contribution is 2.22. The quantitative estimate of drug-likeness (QED) is 0.804. The molecule has 0 aliphatic carbocycles. The molecule has 6 heteroatoms. The summed E-state index contributed by atoms with van der Waals surface area (Å²) in [5, 5.41) is 4.04. The molecule has 0 amide bonds. The number of hydrogen-bond acceptors (Lipinski definition) is 2. The fourth-order valence-corrected chi connectivity index (χ4v) is 2.20. The average molecular weight is 332 g/mol. The van der Waals surface area contributed by atoms with Crippen LogP contribution in [-0.2, 0) is 6.54 Å². The van der Waals surface area contributed by atoms with Crippen molar-refractivity contribution in [3.05, 3.63) is 51.0 Å². The Hall–Kier alpha value is -1.20. The molecular formula is C12H9BrClFN2O. The van der Waals surface area contributed by atoms with E-state index in [0.717, 1.165) is 6.07 Å². The molecule has 0 aliphatic heterocycles. The summed E-state index contributed by atoms with van der Waals surface area (Å²) in [7, 11) is 0. The second-order valence-electron chi connectivity index (χ2n) is 3.61. The second kappa shape index (κ2) is 5.20. The maximum absolute atomic E-state index is 13.3. The van der Waals surface area contributed by atoms with Gasteiger partial charge in [0.15, 0.2) is 0 Å². The maximum Gasteiger partial charge on any atom is 0.212 e. The van der Waals surface area contributed by atoms with Crippen LogP contribution in [0.3, 0.4) is 0 Å². The molecule has 0 spiro atoms.